The number of aryl methyl sites for hydroxylation is 2. The Bertz CT molecular complexity index is 643. The van der Waals surface area contributed by atoms with Crippen molar-refractivity contribution in [2.75, 3.05) is 0 Å². The molecule has 4 unspecified atom stereocenters. The van der Waals surface area contributed by atoms with Gasteiger partial charge in [0.05, 0.1) is 17.9 Å². The number of carbonyl (C=O) groups excluding carboxylic acids is 1. The van der Waals surface area contributed by atoms with Gasteiger partial charge in [-0.05, 0) is 38.1 Å². The van der Waals surface area contributed by atoms with Gasteiger partial charge >= 0.3 is 0 Å². The highest BCUT2D eigenvalue weighted by Gasteiger charge is 2.50. The number of ketones is 1. The van der Waals surface area contributed by atoms with Crippen LogP contribution in [0.3, 0.4) is 0 Å². The standard InChI is InChI=1S/C15H16O3S2/c1-7-3-5-9(19-7)11-13(16)12(15(18)14(11)17)10-6-4-8(2)20-10/h3-6,11-14,16-17H,1-2H3. The molecular weight excluding hydrogens is 292 g/mol. The summed E-state index contributed by atoms with van der Waals surface area (Å²) in [6, 6.07) is 7.66. The molecule has 2 aromatic heterocycles. The summed E-state index contributed by atoms with van der Waals surface area (Å²) in [6.07, 6.45) is -1.97. The van der Waals surface area contributed by atoms with Gasteiger partial charge in [0.1, 0.15) is 6.10 Å². The van der Waals surface area contributed by atoms with Crippen molar-refractivity contribution in [3.05, 3.63) is 43.8 Å². The van der Waals surface area contributed by atoms with Gasteiger partial charge in [0, 0.05) is 19.5 Å². The molecule has 5 heteroatoms. The highest BCUT2D eigenvalue weighted by atomic mass is 32.1. The molecule has 1 aliphatic rings. The number of Topliss-reactive ketones (excluding diaryl/α,β-unsaturated/α-hetero) is 1. The number of aliphatic hydroxyl groups is 2. The predicted octanol–water partition coefficient (Wildman–Crippen LogP) is 2.60. The lowest BCUT2D eigenvalue weighted by molar-refractivity contribution is -0.125. The van der Waals surface area contributed by atoms with Gasteiger partial charge in [-0.3, -0.25) is 4.79 Å². The Morgan fingerprint density at radius 1 is 0.950 bits per heavy atom. The molecule has 0 spiro atoms. The fourth-order valence-corrected chi connectivity index (χ4v) is 4.88. The molecule has 106 valence electrons. The van der Waals surface area contributed by atoms with Crippen molar-refractivity contribution in [2.45, 2.75) is 37.9 Å². The first-order chi connectivity index (χ1) is 9.49. The summed E-state index contributed by atoms with van der Waals surface area (Å²) in [4.78, 5) is 16.3. The van der Waals surface area contributed by atoms with Crippen LogP contribution in [0.25, 0.3) is 0 Å². The topological polar surface area (TPSA) is 57.5 Å². The number of hydrogen-bond acceptors (Lipinski definition) is 5. The lowest BCUT2D eigenvalue weighted by Crippen LogP contribution is -2.22. The van der Waals surface area contributed by atoms with Gasteiger partial charge in [-0.2, -0.15) is 0 Å². The first-order valence-corrected chi connectivity index (χ1v) is 8.15. The van der Waals surface area contributed by atoms with Crippen LogP contribution in [0.1, 0.15) is 31.3 Å². The highest BCUT2D eigenvalue weighted by Crippen LogP contribution is 2.45. The minimum Gasteiger partial charge on any atom is -0.391 e. The maximum absolute atomic E-state index is 12.3. The Morgan fingerprint density at radius 3 is 2.00 bits per heavy atom. The van der Waals surface area contributed by atoms with Crippen molar-refractivity contribution in [2.24, 2.45) is 0 Å². The van der Waals surface area contributed by atoms with E-state index in [1.807, 2.05) is 38.1 Å². The zero-order valence-electron chi connectivity index (χ0n) is 11.2. The quantitative estimate of drug-likeness (QED) is 0.896. The molecule has 0 amide bonds. The summed E-state index contributed by atoms with van der Waals surface area (Å²) in [5.74, 6) is -1.37. The van der Waals surface area contributed by atoms with E-state index < -0.39 is 24.0 Å². The molecule has 1 aliphatic carbocycles. The van der Waals surface area contributed by atoms with Crippen LogP contribution in [-0.2, 0) is 4.79 Å². The number of hydrogen-bond donors (Lipinski definition) is 2. The average molecular weight is 308 g/mol. The van der Waals surface area contributed by atoms with Crippen LogP contribution in [0.5, 0.6) is 0 Å². The minimum absolute atomic E-state index is 0.268. The van der Waals surface area contributed by atoms with E-state index >= 15 is 0 Å². The molecule has 2 aromatic rings. The van der Waals surface area contributed by atoms with E-state index in [9.17, 15) is 15.0 Å². The molecule has 0 aromatic carbocycles. The summed E-state index contributed by atoms with van der Waals surface area (Å²) >= 11 is 3.04. The molecule has 0 radical (unpaired) electrons. The third kappa shape index (κ3) is 2.15. The highest BCUT2D eigenvalue weighted by molar-refractivity contribution is 7.12. The smallest absolute Gasteiger partial charge is 0.172 e. The minimum atomic E-state index is -1.12. The maximum Gasteiger partial charge on any atom is 0.172 e. The van der Waals surface area contributed by atoms with Crippen LogP contribution >= 0.6 is 22.7 Å². The van der Waals surface area contributed by atoms with Crippen LogP contribution in [0.2, 0.25) is 0 Å². The average Bonchev–Trinajstić information content (AvgIpc) is 3.03. The number of thiophene rings is 2. The summed E-state index contributed by atoms with van der Waals surface area (Å²) in [7, 11) is 0. The third-order valence-electron chi connectivity index (χ3n) is 3.81. The SMILES string of the molecule is Cc1ccc(C2C(=O)C(O)C(c3ccc(C)s3)C2O)s1. The third-order valence-corrected chi connectivity index (χ3v) is 5.99. The molecule has 3 rings (SSSR count). The largest absolute Gasteiger partial charge is 0.391 e. The Hall–Kier alpha value is -1.01. The molecule has 1 saturated carbocycles. The van der Waals surface area contributed by atoms with Gasteiger partial charge in [0.25, 0.3) is 0 Å². The van der Waals surface area contributed by atoms with Gasteiger partial charge in [0.2, 0.25) is 0 Å². The van der Waals surface area contributed by atoms with Gasteiger partial charge in [0.15, 0.2) is 5.78 Å². The van der Waals surface area contributed by atoms with Crippen molar-refractivity contribution < 1.29 is 15.0 Å². The zero-order chi connectivity index (χ0) is 14.4. The van der Waals surface area contributed by atoms with E-state index in [0.29, 0.717) is 0 Å². The second kappa shape index (κ2) is 5.07. The second-order valence-electron chi connectivity index (χ2n) is 5.24. The summed E-state index contributed by atoms with van der Waals surface area (Å²) < 4.78 is 0. The Morgan fingerprint density at radius 2 is 1.50 bits per heavy atom. The fourth-order valence-electron chi connectivity index (χ4n) is 2.81. The summed E-state index contributed by atoms with van der Waals surface area (Å²) in [6.45, 7) is 3.94. The molecule has 0 saturated heterocycles. The second-order valence-corrected chi connectivity index (χ2v) is 7.88. The number of rotatable bonds is 2. The van der Waals surface area contributed by atoms with Crippen LogP contribution in [0.4, 0.5) is 0 Å². The molecule has 0 bridgehead atoms. The molecule has 4 atom stereocenters. The van der Waals surface area contributed by atoms with Crippen molar-refractivity contribution >= 4 is 28.5 Å². The number of carbonyl (C=O) groups is 1. The molecule has 0 aliphatic heterocycles. The molecule has 2 N–H and O–H groups in total. The van der Waals surface area contributed by atoms with Crippen molar-refractivity contribution in [1.82, 2.24) is 0 Å². The molecule has 3 nitrogen and oxygen atoms in total. The van der Waals surface area contributed by atoms with Crippen LogP contribution in [-0.4, -0.2) is 28.2 Å². The van der Waals surface area contributed by atoms with Gasteiger partial charge in [-0.15, -0.1) is 22.7 Å². The van der Waals surface area contributed by atoms with E-state index in [0.717, 1.165) is 19.5 Å². The summed E-state index contributed by atoms with van der Waals surface area (Å²) in [5.41, 5.74) is 0. The van der Waals surface area contributed by atoms with Crippen LogP contribution in [0, 0.1) is 13.8 Å². The van der Waals surface area contributed by atoms with Gasteiger partial charge in [-0.25, -0.2) is 0 Å². The lowest BCUT2D eigenvalue weighted by atomic mass is 9.98. The molecule has 1 fully saturated rings. The zero-order valence-corrected chi connectivity index (χ0v) is 12.9. The monoisotopic (exact) mass is 308 g/mol. The van der Waals surface area contributed by atoms with Crippen LogP contribution < -0.4 is 0 Å². The van der Waals surface area contributed by atoms with Crippen molar-refractivity contribution in [1.29, 1.82) is 0 Å². The fraction of sp³-hybridized carbons (Fsp3) is 0.400. The lowest BCUT2D eigenvalue weighted by Gasteiger charge is -2.17. The van der Waals surface area contributed by atoms with E-state index in [2.05, 4.69) is 0 Å². The Kier molecular flexibility index (Phi) is 3.54. The molecule has 2 heterocycles. The van der Waals surface area contributed by atoms with Crippen molar-refractivity contribution in [3.63, 3.8) is 0 Å². The van der Waals surface area contributed by atoms with Gasteiger partial charge < -0.3 is 10.2 Å². The normalized spacial score (nSPS) is 30.1. The van der Waals surface area contributed by atoms with Crippen LogP contribution in [0.15, 0.2) is 24.3 Å². The number of aliphatic hydroxyl groups excluding tert-OH is 2. The Balaban J connectivity index is 1.97. The van der Waals surface area contributed by atoms with E-state index in [1.165, 1.54) is 22.7 Å². The van der Waals surface area contributed by atoms with Gasteiger partial charge in [-0.1, -0.05) is 0 Å². The molecule has 20 heavy (non-hydrogen) atoms. The first kappa shape index (κ1) is 13.9. The first-order valence-electron chi connectivity index (χ1n) is 6.51. The van der Waals surface area contributed by atoms with Crippen molar-refractivity contribution in [3.8, 4) is 0 Å². The van der Waals surface area contributed by atoms with E-state index in [1.54, 1.807) is 0 Å². The summed E-state index contributed by atoms with van der Waals surface area (Å²) in [5, 5.41) is 20.8. The maximum atomic E-state index is 12.3. The Labute approximate surface area is 125 Å². The molecular formula is C15H16O3S2. The predicted molar refractivity (Wildman–Crippen MR) is 80.6 cm³/mol. The van der Waals surface area contributed by atoms with E-state index in [4.69, 9.17) is 0 Å². The van der Waals surface area contributed by atoms with E-state index in [-0.39, 0.29) is 5.78 Å².